The van der Waals surface area contributed by atoms with Crippen molar-refractivity contribution in [1.82, 2.24) is 20.3 Å². The first kappa shape index (κ1) is 18.2. The molecular weight excluding hydrogens is 356 g/mol. The molecule has 1 atom stereocenters. The summed E-state index contributed by atoms with van der Waals surface area (Å²) in [7, 11) is 1.64. The number of carbonyl (C=O) groups is 1. The standard InChI is InChI=1S/C21H22N4O3/c1-14-5-3-4-6-16(14)11-22-21(26)20-18-13-28-19(12-25(18)24-23-20)15-7-9-17(27-2)10-8-15/h3-10,19H,11-13H2,1-2H3,(H,22,26)/t19-/m0/s1. The van der Waals surface area contributed by atoms with Gasteiger partial charge in [0.15, 0.2) is 5.69 Å². The summed E-state index contributed by atoms with van der Waals surface area (Å²) in [6.45, 7) is 3.28. The lowest BCUT2D eigenvalue weighted by atomic mass is 10.1. The molecular formula is C21H22N4O3. The largest absolute Gasteiger partial charge is 0.497 e. The fourth-order valence-electron chi connectivity index (χ4n) is 3.28. The second-order valence-electron chi connectivity index (χ2n) is 6.75. The first-order chi connectivity index (χ1) is 13.7. The molecule has 0 spiro atoms. The SMILES string of the molecule is COc1ccc([C@@H]2Cn3nnc(C(=O)NCc4ccccc4C)c3CO2)cc1. The minimum Gasteiger partial charge on any atom is -0.497 e. The molecule has 0 unspecified atom stereocenters. The summed E-state index contributed by atoms with van der Waals surface area (Å²) in [6.07, 6.45) is -0.136. The molecule has 2 aromatic carbocycles. The number of nitrogens with zero attached hydrogens (tertiary/aromatic N) is 3. The second kappa shape index (κ2) is 7.82. The average Bonchev–Trinajstić information content (AvgIpc) is 3.16. The average molecular weight is 378 g/mol. The molecule has 1 aliphatic heterocycles. The Labute approximate surface area is 163 Å². The van der Waals surface area contributed by atoms with Crippen molar-refractivity contribution in [2.24, 2.45) is 0 Å². The van der Waals surface area contributed by atoms with Gasteiger partial charge in [0.05, 0.1) is 26.0 Å². The maximum atomic E-state index is 12.6. The van der Waals surface area contributed by atoms with Gasteiger partial charge in [-0.2, -0.15) is 0 Å². The summed E-state index contributed by atoms with van der Waals surface area (Å²) in [5.74, 6) is 0.560. The molecule has 1 aliphatic rings. The molecule has 0 saturated heterocycles. The molecule has 0 aliphatic carbocycles. The lowest BCUT2D eigenvalue weighted by molar-refractivity contribution is -0.00179. The number of carbonyl (C=O) groups excluding carboxylic acids is 1. The first-order valence-electron chi connectivity index (χ1n) is 9.16. The zero-order chi connectivity index (χ0) is 19.5. The molecule has 1 aromatic heterocycles. The van der Waals surface area contributed by atoms with E-state index in [1.807, 2.05) is 55.5 Å². The number of aryl methyl sites for hydroxylation is 1. The molecule has 0 radical (unpaired) electrons. The summed E-state index contributed by atoms with van der Waals surface area (Å²) in [5.41, 5.74) is 4.27. The summed E-state index contributed by atoms with van der Waals surface area (Å²) >= 11 is 0. The van der Waals surface area contributed by atoms with E-state index in [2.05, 4.69) is 15.6 Å². The minimum absolute atomic E-state index is 0.136. The van der Waals surface area contributed by atoms with Crippen molar-refractivity contribution < 1.29 is 14.3 Å². The number of rotatable bonds is 5. The van der Waals surface area contributed by atoms with Gasteiger partial charge in [0.1, 0.15) is 11.9 Å². The van der Waals surface area contributed by atoms with E-state index in [0.29, 0.717) is 24.5 Å². The Morgan fingerprint density at radius 3 is 2.79 bits per heavy atom. The Morgan fingerprint density at radius 1 is 1.25 bits per heavy atom. The maximum absolute atomic E-state index is 12.6. The van der Waals surface area contributed by atoms with Crippen LogP contribution in [0, 0.1) is 6.92 Å². The maximum Gasteiger partial charge on any atom is 0.274 e. The van der Waals surface area contributed by atoms with Crippen LogP contribution in [0.1, 0.15) is 39.0 Å². The zero-order valence-corrected chi connectivity index (χ0v) is 15.9. The van der Waals surface area contributed by atoms with E-state index >= 15 is 0 Å². The topological polar surface area (TPSA) is 78.3 Å². The third-order valence-corrected chi connectivity index (χ3v) is 5.00. The predicted octanol–water partition coefficient (Wildman–Crippen LogP) is 2.80. The Morgan fingerprint density at radius 2 is 2.04 bits per heavy atom. The quantitative estimate of drug-likeness (QED) is 0.739. The van der Waals surface area contributed by atoms with Crippen LogP contribution in [-0.2, 0) is 24.4 Å². The van der Waals surface area contributed by atoms with Crippen LogP contribution >= 0.6 is 0 Å². The molecule has 0 saturated carbocycles. The van der Waals surface area contributed by atoms with Gasteiger partial charge in [-0.25, -0.2) is 4.68 Å². The number of methoxy groups -OCH3 is 1. The van der Waals surface area contributed by atoms with Gasteiger partial charge in [-0.05, 0) is 35.7 Å². The highest BCUT2D eigenvalue weighted by molar-refractivity contribution is 5.93. The van der Waals surface area contributed by atoms with Gasteiger partial charge in [-0.3, -0.25) is 4.79 Å². The van der Waals surface area contributed by atoms with Gasteiger partial charge < -0.3 is 14.8 Å². The van der Waals surface area contributed by atoms with Crippen molar-refractivity contribution in [3.05, 3.63) is 76.6 Å². The normalized spacial score (nSPS) is 15.7. The van der Waals surface area contributed by atoms with Crippen LogP contribution in [-0.4, -0.2) is 28.0 Å². The Kier molecular flexibility index (Phi) is 5.08. The van der Waals surface area contributed by atoms with Crippen LogP contribution in [0.2, 0.25) is 0 Å². The molecule has 2 heterocycles. The minimum atomic E-state index is -0.240. The number of benzene rings is 2. The molecule has 3 aromatic rings. The highest BCUT2D eigenvalue weighted by Crippen LogP contribution is 2.28. The lowest BCUT2D eigenvalue weighted by Crippen LogP contribution is -2.27. The number of hydrogen-bond donors (Lipinski definition) is 1. The molecule has 7 heteroatoms. The number of hydrogen-bond acceptors (Lipinski definition) is 5. The fourth-order valence-corrected chi connectivity index (χ4v) is 3.28. The van der Waals surface area contributed by atoms with E-state index in [1.165, 1.54) is 0 Å². The van der Waals surface area contributed by atoms with Crippen LogP contribution < -0.4 is 10.1 Å². The van der Waals surface area contributed by atoms with E-state index in [0.717, 1.165) is 22.4 Å². The van der Waals surface area contributed by atoms with Crippen LogP contribution in [0.25, 0.3) is 0 Å². The summed E-state index contributed by atoms with van der Waals surface area (Å²) < 4.78 is 12.9. The molecule has 0 fully saturated rings. The predicted molar refractivity (Wildman–Crippen MR) is 103 cm³/mol. The van der Waals surface area contributed by atoms with Crippen LogP contribution in [0.3, 0.4) is 0 Å². The Bertz CT molecular complexity index is 982. The van der Waals surface area contributed by atoms with Gasteiger partial charge in [-0.15, -0.1) is 5.10 Å². The van der Waals surface area contributed by atoms with E-state index < -0.39 is 0 Å². The van der Waals surface area contributed by atoms with Gasteiger partial charge in [0, 0.05) is 6.54 Å². The van der Waals surface area contributed by atoms with Crippen molar-refractivity contribution >= 4 is 5.91 Å². The van der Waals surface area contributed by atoms with Crippen molar-refractivity contribution in [3.8, 4) is 5.75 Å². The van der Waals surface area contributed by atoms with E-state index in [1.54, 1.807) is 11.8 Å². The van der Waals surface area contributed by atoms with Crippen molar-refractivity contribution in [2.75, 3.05) is 7.11 Å². The summed E-state index contributed by atoms with van der Waals surface area (Å²) in [6, 6.07) is 15.7. The van der Waals surface area contributed by atoms with Crippen molar-refractivity contribution in [3.63, 3.8) is 0 Å². The number of ether oxygens (including phenoxy) is 2. The van der Waals surface area contributed by atoms with Gasteiger partial charge >= 0.3 is 0 Å². The number of fused-ring (bicyclic) bond motifs is 1. The lowest BCUT2D eigenvalue weighted by Gasteiger charge is -2.24. The van der Waals surface area contributed by atoms with Crippen LogP contribution in [0.5, 0.6) is 5.75 Å². The van der Waals surface area contributed by atoms with E-state index in [-0.39, 0.29) is 18.6 Å². The van der Waals surface area contributed by atoms with Crippen molar-refractivity contribution in [2.45, 2.75) is 32.7 Å². The van der Waals surface area contributed by atoms with Crippen LogP contribution in [0.15, 0.2) is 48.5 Å². The highest BCUT2D eigenvalue weighted by Gasteiger charge is 2.27. The van der Waals surface area contributed by atoms with Gasteiger partial charge in [-0.1, -0.05) is 41.6 Å². The zero-order valence-electron chi connectivity index (χ0n) is 15.9. The van der Waals surface area contributed by atoms with Crippen LogP contribution in [0.4, 0.5) is 0 Å². The van der Waals surface area contributed by atoms with Gasteiger partial charge in [0.25, 0.3) is 5.91 Å². The third-order valence-electron chi connectivity index (χ3n) is 5.00. The van der Waals surface area contributed by atoms with E-state index in [9.17, 15) is 4.79 Å². The summed E-state index contributed by atoms with van der Waals surface area (Å²) in [4.78, 5) is 12.6. The molecule has 7 nitrogen and oxygen atoms in total. The molecule has 1 N–H and O–H groups in total. The number of amides is 1. The molecule has 4 rings (SSSR count). The second-order valence-corrected chi connectivity index (χ2v) is 6.75. The number of aromatic nitrogens is 3. The molecule has 28 heavy (non-hydrogen) atoms. The van der Waals surface area contributed by atoms with Crippen molar-refractivity contribution in [1.29, 1.82) is 0 Å². The summed E-state index contributed by atoms with van der Waals surface area (Å²) in [5, 5.41) is 11.2. The van der Waals surface area contributed by atoms with E-state index in [4.69, 9.17) is 9.47 Å². The van der Waals surface area contributed by atoms with Gasteiger partial charge in [0.2, 0.25) is 0 Å². The smallest absolute Gasteiger partial charge is 0.274 e. The highest BCUT2D eigenvalue weighted by atomic mass is 16.5. The monoisotopic (exact) mass is 378 g/mol. The fraction of sp³-hybridized carbons (Fsp3) is 0.286. The third kappa shape index (κ3) is 3.61. The molecule has 1 amide bonds. The Hall–Kier alpha value is -3.19. The Balaban J connectivity index is 1.44. The number of nitrogens with one attached hydrogen (secondary N) is 1. The molecule has 144 valence electrons. The molecule has 0 bridgehead atoms. The first-order valence-corrected chi connectivity index (χ1v) is 9.16.